The van der Waals surface area contributed by atoms with Crippen LogP contribution in [0.15, 0.2) is 37.9 Å². The molecule has 3 rings (SSSR count). The Kier molecular flexibility index (Phi) is 3.09. The lowest BCUT2D eigenvalue weighted by Crippen LogP contribution is -2.08. The van der Waals surface area contributed by atoms with E-state index in [1.54, 1.807) is 7.05 Å². The predicted molar refractivity (Wildman–Crippen MR) is 80.4 cm³/mol. The monoisotopic (exact) mass is 335 g/mol. The number of benzene rings is 1. The number of hydrogen-bond donors (Lipinski definition) is 0. The van der Waals surface area contributed by atoms with Gasteiger partial charge in [0.1, 0.15) is 11.5 Å². The summed E-state index contributed by atoms with van der Waals surface area (Å²) in [4.78, 5) is 11.5. The summed E-state index contributed by atoms with van der Waals surface area (Å²) >= 11 is 3.68. The second-order valence-electron chi connectivity index (χ2n) is 4.89. The standard InChI is InChI=1S/C15H14BrNO3/c1-8-6-11(9(2)19-8)14(16)10-4-5-12-13(7-10)20-15(18)17(12)3/h4-7,14H,1-3H3. The van der Waals surface area contributed by atoms with Crippen LogP contribution in [0.3, 0.4) is 0 Å². The third-order valence-corrected chi connectivity index (χ3v) is 4.48. The maximum Gasteiger partial charge on any atom is 0.419 e. The number of halogens is 1. The molecule has 3 aromatic rings. The van der Waals surface area contributed by atoms with Crippen LogP contribution in [0.25, 0.3) is 11.1 Å². The highest BCUT2D eigenvalue weighted by Crippen LogP contribution is 2.35. The number of rotatable bonds is 2. The summed E-state index contributed by atoms with van der Waals surface area (Å²) in [6.45, 7) is 3.87. The van der Waals surface area contributed by atoms with E-state index in [0.29, 0.717) is 5.58 Å². The van der Waals surface area contributed by atoms with Crippen molar-refractivity contribution in [1.29, 1.82) is 0 Å². The molecule has 0 bridgehead atoms. The van der Waals surface area contributed by atoms with Gasteiger partial charge in [0, 0.05) is 12.6 Å². The fourth-order valence-corrected chi connectivity index (χ4v) is 3.13. The summed E-state index contributed by atoms with van der Waals surface area (Å²) in [5.74, 6) is 1.42. The molecule has 2 aromatic heterocycles. The highest BCUT2D eigenvalue weighted by Gasteiger charge is 2.18. The van der Waals surface area contributed by atoms with Crippen LogP contribution in [0.5, 0.6) is 0 Å². The third-order valence-electron chi connectivity index (χ3n) is 3.46. The fourth-order valence-electron chi connectivity index (χ4n) is 2.39. The van der Waals surface area contributed by atoms with Crippen LogP contribution in [-0.2, 0) is 7.05 Å². The molecule has 0 amide bonds. The maximum absolute atomic E-state index is 11.5. The van der Waals surface area contributed by atoms with Gasteiger partial charge in [0.25, 0.3) is 0 Å². The lowest BCUT2D eigenvalue weighted by molar-refractivity contribution is 0.502. The van der Waals surface area contributed by atoms with E-state index in [2.05, 4.69) is 15.9 Å². The summed E-state index contributed by atoms with van der Waals surface area (Å²) in [5, 5.41) is 0. The Morgan fingerprint density at radius 1 is 1.20 bits per heavy atom. The van der Waals surface area contributed by atoms with Crippen molar-refractivity contribution in [2.75, 3.05) is 0 Å². The molecule has 0 aliphatic carbocycles. The van der Waals surface area contributed by atoms with E-state index >= 15 is 0 Å². The van der Waals surface area contributed by atoms with Gasteiger partial charge in [-0.3, -0.25) is 4.57 Å². The van der Waals surface area contributed by atoms with Gasteiger partial charge in [-0.1, -0.05) is 22.0 Å². The zero-order valence-corrected chi connectivity index (χ0v) is 13.0. The van der Waals surface area contributed by atoms with Crippen molar-refractivity contribution < 1.29 is 8.83 Å². The van der Waals surface area contributed by atoms with E-state index in [1.807, 2.05) is 38.1 Å². The second-order valence-corrected chi connectivity index (χ2v) is 5.80. The van der Waals surface area contributed by atoms with Crippen LogP contribution in [0.1, 0.15) is 27.5 Å². The number of nitrogens with zero attached hydrogens (tertiary/aromatic N) is 1. The Balaban J connectivity index is 2.10. The molecule has 20 heavy (non-hydrogen) atoms. The van der Waals surface area contributed by atoms with Crippen molar-refractivity contribution in [3.63, 3.8) is 0 Å². The van der Waals surface area contributed by atoms with Gasteiger partial charge in [0.05, 0.1) is 10.3 Å². The van der Waals surface area contributed by atoms with E-state index < -0.39 is 0 Å². The minimum Gasteiger partial charge on any atom is -0.466 e. The summed E-state index contributed by atoms with van der Waals surface area (Å²) in [7, 11) is 1.70. The normalized spacial score (nSPS) is 13.0. The number of hydrogen-bond acceptors (Lipinski definition) is 3. The Labute approximate surface area is 124 Å². The summed E-state index contributed by atoms with van der Waals surface area (Å²) < 4.78 is 12.3. The van der Waals surface area contributed by atoms with Crippen molar-refractivity contribution in [1.82, 2.24) is 4.57 Å². The van der Waals surface area contributed by atoms with Gasteiger partial charge in [0.15, 0.2) is 5.58 Å². The van der Waals surface area contributed by atoms with Crippen LogP contribution < -0.4 is 5.76 Å². The van der Waals surface area contributed by atoms with Crippen molar-refractivity contribution in [3.05, 3.63) is 57.5 Å². The Bertz CT molecular complexity index is 841. The van der Waals surface area contributed by atoms with Crippen LogP contribution >= 0.6 is 15.9 Å². The van der Waals surface area contributed by atoms with Gasteiger partial charge < -0.3 is 8.83 Å². The molecule has 0 aliphatic rings. The first-order chi connectivity index (χ1) is 9.47. The lowest BCUT2D eigenvalue weighted by Gasteiger charge is -2.09. The number of furan rings is 1. The van der Waals surface area contributed by atoms with Crippen LogP contribution in [0, 0.1) is 13.8 Å². The van der Waals surface area contributed by atoms with Crippen molar-refractivity contribution in [2.24, 2.45) is 7.05 Å². The minimum atomic E-state index is -0.349. The molecule has 0 N–H and O–H groups in total. The Morgan fingerprint density at radius 2 is 1.95 bits per heavy atom. The molecule has 104 valence electrons. The fraction of sp³-hybridized carbons (Fsp3) is 0.267. The minimum absolute atomic E-state index is 0.00913. The average Bonchev–Trinajstić information content (AvgIpc) is 2.89. The number of aryl methyl sites for hydroxylation is 3. The van der Waals surface area contributed by atoms with Gasteiger partial charge in [-0.15, -0.1) is 0 Å². The number of fused-ring (bicyclic) bond motifs is 1. The second kappa shape index (κ2) is 4.66. The first-order valence-electron chi connectivity index (χ1n) is 6.28. The molecule has 4 nitrogen and oxygen atoms in total. The van der Waals surface area contributed by atoms with Crippen LogP contribution in [-0.4, -0.2) is 4.57 Å². The Morgan fingerprint density at radius 3 is 2.60 bits per heavy atom. The average molecular weight is 336 g/mol. The highest BCUT2D eigenvalue weighted by atomic mass is 79.9. The van der Waals surface area contributed by atoms with Gasteiger partial charge in [-0.25, -0.2) is 4.79 Å². The molecule has 0 spiro atoms. The highest BCUT2D eigenvalue weighted by molar-refractivity contribution is 9.09. The molecule has 1 aromatic carbocycles. The molecule has 0 radical (unpaired) electrons. The quantitative estimate of drug-likeness (QED) is 0.669. The van der Waals surface area contributed by atoms with E-state index in [9.17, 15) is 4.79 Å². The first kappa shape index (κ1) is 13.2. The molecule has 1 unspecified atom stereocenters. The Hall–Kier alpha value is -1.75. The van der Waals surface area contributed by atoms with Crippen LogP contribution in [0.2, 0.25) is 0 Å². The molecular formula is C15H14BrNO3. The topological polar surface area (TPSA) is 48.3 Å². The molecular weight excluding hydrogens is 322 g/mol. The number of alkyl halides is 1. The van der Waals surface area contributed by atoms with Gasteiger partial charge >= 0.3 is 5.76 Å². The smallest absolute Gasteiger partial charge is 0.419 e. The largest absolute Gasteiger partial charge is 0.466 e. The maximum atomic E-state index is 11.5. The molecule has 1 atom stereocenters. The SMILES string of the molecule is Cc1cc(C(Br)c2ccc3c(c2)oc(=O)n3C)c(C)o1. The summed E-state index contributed by atoms with van der Waals surface area (Å²) in [6, 6.07) is 7.78. The molecule has 0 aliphatic heterocycles. The summed E-state index contributed by atoms with van der Waals surface area (Å²) in [5.41, 5.74) is 3.49. The molecule has 2 heterocycles. The zero-order chi connectivity index (χ0) is 14.4. The number of oxazole rings is 1. The third kappa shape index (κ3) is 2.02. The van der Waals surface area contributed by atoms with Crippen LogP contribution in [0.4, 0.5) is 0 Å². The van der Waals surface area contributed by atoms with Crippen molar-refractivity contribution >= 4 is 27.0 Å². The predicted octanol–water partition coefficient (Wildman–Crippen LogP) is 3.83. The molecule has 0 fully saturated rings. The number of aromatic nitrogens is 1. The van der Waals surface area contributed by atoms with E-state index in [1.165, 1.54) is 4.57 Å². The molecule has 0 saturated heterocycles. The van der Waals surface area contributed by atoms with Gasteiger partial charge in [0.2, 0.25) is 0 Å². The summed E-state index contributed by atoms with van der Waals surface area (Å²) in [6.07, 6.45) is 0. The van der Waals surface area contributed by atoms with Gasteiger partial charge in [-0.2, -0.15) is 0 Å². The lowest BCUT2D eigenvalue weighted by atomic mass is 10.0. The van der Waals surface area contributed by atoms with Crippen molar-refractivity contribution in [2.45, 2.75) is 18.7 Å². The van der Waals surface area contributed by atoms with E-state index in [-0.39, 0.29) is 10.6 Å². The van der Waals surface area contributed by atoms with Crippen molar-refractivity contribution in [3.8, 4) is 0 Å². The molecule has 5 heteroatoms. The van der Waals surface area contributed by atoms with Gasteiger partial charge in [-0.05, 0) is 37.6 Å². The van der Waals surface area contributed by atoms with E-state index in [4.69, 9.17) is 8.83 Å². The van der Waals surface area contributed by atoms with E-state index in [0.717, 1.165) is 28.2 Å². The molecule has 0 saturated carbocycles. The first-order valence-corrected chi connectivity index (χ1v) is 7.19. The zero-order valence-electron chi connectivity index (χ0n) is 11.4.